The molecule has 0 bridgehead atoms. The summed E-state index contributed by atoms with van der Waals surface area (Å²) in [5.41, 5.74) is 5.46. The Morgan fingerprint density at radius 3 is 1.85 bits per heavy atom. The van der Waals surface area contributed by atoms with E-state index in [1.165, 1.54) is 5.57 Å². The van der Waals surface area contributed by atoms with Crippen LogP contribution in [0.25, 0.3) is 0 Å². The number of amides is 2. The summed E-state index contributed by atoms with van der Waals surface area (Å²) in [4.78, 5) is 39.0. The minimum absolute atomic E-state index is 0.0336. The molecule has 4 aliphatic rings. The van der Waals surface area contributed by atoms with Crippen LogP contribution in [-0.2, 0) is 0 Å². The van der Waals surface area contributed by atoms with Crippen molar-refractivity contribution in [2.75, 3.05) is 20.3 Å². The standard InChI is InChI=1S/C31H32N4O5/c1-18-8-21-14-32-25-12-27(20(3)10-23(25)30(36)34(21)16-18)39-6-5-7-40-29-13-26-24(11-28(29)38-4)31(37)35-17-19(2)9-22(35)15-33-26/h10-17,21-22H,5-9H2,1-4H3/t21-,22-/m0/s1. The molecule has 4 heterocycles. The Bertz CT molecular complexity index is 1520. The third-order valence-corrected chi connectivity index (χ3v) is 7.58. The van der Waals surface area contributed by atoms with Crippen LogP contribution in [-0.4, -0.2) is 66.5 Å². The number of nitrogens with zero attached hydrogens (tertiary/aromatic N) is 4. The third-order valence-electron chi connectivity index (χ3n) is 7.58. The van der Waals surface area contributed by atoms with Gasteiger partial charge in [0.2, 0.25) is 0 Å². The summed E-state index contributed by atoms with van der Waals surface area (Å²) in [5.74, 6) is 1.57. The molecule has 0 N–H and O–H groups in total. The molecule has 2 atom stereocenters. The van der Waals surface area contributed by atoms with Gasteiger partial charge in [0, 0.05) is 43.4 Å². The highest BCUT2D eigenvalue weighted by Gasteiger charge is 2.33. The van der Waals surface area contributed by atoms with Gasteiger partial charge in [-0.3, -0.25) is 19.6 Å². The summed E-state index contributed by atoms with van der Waals surface area (Å²) in [6, 6.07) is 7.06. The summed E-state index contributed by atoms with van der Waals surface area (Å²) >= 11 is 0. The molecule has 6 rings (SSSR count). The Kier molecular flexibility index (Phi) is 6.65. The quantitative estimate of drug-likeness (QED) is 0.431. The van der Waals surface area contributed by atoms with Gasteiger partial charge in [0.15, 0.2) is 11.5 Å². The molecule has 0 radical (unpaired) electrons. The van der Waals surface area contributed by atoms with Gasteiger partial charge in [0.25, 0.3) is 11.8 Å². The van der Waals surface area contributed by atoms with Gasteiger partial charge in [-0.05, 0) is 51.3 Å². The number of benzene rings is 2. The zero-order valence-corrected chi connectivity index (χ0v) is 23.1. The number of carbonyl (C=O) groups is 2. The largest absolute Gasteiger partial charge is 0.493 e. The first-order valence-corrected chi connectivity index (χ1v) is 13.5. The maximum atomic E-state index is 13.2. The molecule has 0 unspecified atom stereocenters. The van der Waals surface area contributed by atoms with Gasteiger partial charge in [-0.15, -0.1) is 0 Å². The molecule has 2 aromatic rings. The number of fused-ring (bicyclic) bond motifs is 4. The first kappa shape index (κ1) is 25.9. The maximum absolute atomic E-state index is 13.2. The minimum Gasteiger partial charge on any atom is -0.493 e. The molecule has 0 saturated carbocycles. The number of rotatable bonds is 7. The summed E-state index contributed by atoms with van der Waals surface area (Å²) in [7, 11) is 1.56. The van der Waals surface area contributed by atoms with E-state index >= 15 is 0 Å². The van der Waals surface area contributed by atoms with E-state index in [2.05, 4.69) is 9.98 Å². The van der Waals surface area contributed by atoms with Crippen molar-refractivity contribution >= 4 is 35.6 Å². The Labute approximate surface area is 233 Å². The number of aryl methyl sites for hydroxylation is 1. The van der Waals surface area contributed by atoms with Crippen LogP contribution in [0.5, 0.6) is 17.2 Å². The van der Waals surface area contributed by atoms with Crippen LogP contribution in [0.3, 0.4) is 0 Å². The van der Waals surface area contributed by atoms with Crippen molar-refractivity contribution in [3.05, 3.63) is 64.5 Å². The molecule has 206 valence electrons. The fourth-order valence-electron chi connectivity index (χ4n) is 5.54. The summed E-state index contributed by atoms with van der Waals surface area (Å²) in [5, 5.41) is 0. The molecule has 40 heavy (non-hydrogen) atoms. The molecule has 0 aliphatic carbocycles. The highest BCUT2D eigenvalue weighted by atomic mass is 16.5. The number of ether oxygens (including phenoxy) is 3. The molecule has 4 aliphatic heterocycles. The van der Waals surface area contributed by atoms with E-state index in [0.29, 0.717) is 59.4 Å². The highest BCUT2D eigenvalue weighted by Crippen LogP contribution is 2.39. The maximum Gasteiger partial charge on any atom is 0.260 e. The van der Waals surface area contributed by atoms with Crippen LogP contribution >= 0.6 is 0 Å². The highest BCUT2D eigenvalue weighted by molar-refractivity contribution is 6.05. The zero-order valence-electron chi connectivity index (χ0n) is 23.1. The smallest absolute Gasteiger partial charge is 0.260 e. The van der Waals surface area contributed by atoms with Gasteiger partial charge in [-0.2, -0.15) is 0 Å². The summed E-state index contributed by atoms with van der Waals surface area (Å²) in [6.45, 7) is 6.77. The lowest BCUT2D eigenvalue weighted by Crippen LogP contribution is -2.32. The van der Waals surface area contributed by atoms with Gasteiger partial charge in [0.05, 0.1) is 54.9 Å². The van der Waals surface area contributed by atoms with E-state index in [-0.39, 0.29) is 23.9 Å². The molecule has 2 amide bonds. The van der Waals surface area contributed by atoms with Crippen molar-refractivity contribution in [1.82, 2.24) is 9.80 Å². The molecule has 9 nitrogen and oxygen atoms in total. The predicted molar refractivity (Wildman–Crippen MR) is 153 cm³/mol. The fraction of sp³-hybridized carbons (Fsp3) is 0.355. The number of aliphatic imine (C=N–C) groups is 2. The third kappa shape index (κ3) is 4.65. The molecule has 2 aromatic carbocycles. The molecular weight excluding hydrogens is 508 g/mol. The lowest BCUT2D eigenvalue weighted by molar-refractivity contribution is 0.0809. The first-order valence-electron chi connectivity index (χ1n) is 13.5. The fourth-order valence-corrected chi connectivity index (χ4v) is 5.54. The monoisotopic (exact) mass is 540 g/mol. The minimum atomic E-state index is -0.0956. The number of carbonyl (C=O) groups excluding carboxylic acids is 2. The van der Waals surface area contributed by atoms with Gasteiger partial charge in [-0.25, -0.2) is 0 Å². The van der Waals surface area contributed by atoms with Crippen LogP contribution in [0.2, 0.25) is 0 Å². The van der Waals surface area contributed by atoms with Gasteiger partial charge >= 0.3 is 0 Å². The van der Waals surface area contributed by atoms with Gasteiger partial charge < -0.3 is 24.0 Å². The van der Waals surface area contributed by atoms with Crippen LogP contribution in [0, 0.1) is 6.92 Å². The SMILES string of the molecule is COc1cc2c(cc1OCCCOc1cc3c(cc1C)C(=O)N1C=C(C)C[C@H]1C=N3)N=C[C@@H]1CC(C)=CN1C2=O. The molecular formula is C31H32N4O5. The van der Waals surface area contributed by atoms with E-state index in [4.69, 9.17) is 14.2 Å². The van der Waals surface area contributed by atoms with E-state index in [1.807, 2.05) is 57.7 Å². The molecule has 0 spiro atoms. The van der Waals surface area contributed by atoms with Crippen LogP contribution in [0.15, 0.2) is 57.8 Å². The summed E-state index contributed by atoms with van der Waals surface area (Å²) in [6.07, 6.45) is 9.67. The molecule has 9 heteroatoms. The average Bonchev–Trinajstić information content (AvgIpc) is 3.45. The Morgan fingerprint density at radius 2 is 1.27 bits per heavy atom. The van der Waals surface area contributed by atoms with Crippen molar-refractivity contribution < 1.29 is 23.8 Å². The summed E-state index contributed by atoms with van der Waals surface area (Å²) < 4.78 is 17.6. The van der Waals surface area contributed by atoms with Crippen molar-refractivity contribution in [3.8, 4) is 17.2 Å². The van der Waals surface area contributed by atoms with Crippen LogP contribution < -0.4 is 14.2 Å². The molecule has 0 aromatic heterocycles. The number of methoxy groups -OCH3 is 1. The number of hydrogen-bond donors (Lipinski definition) is 0. The second-order valence-electron chi connectivity index (χ2n) is 10.7. The van der Waals surface area contributed by atoms with Gasteiger partial charge in [-0.1, -0.05) is 11.1 Å². The Hall–Kier alpha value is -4.40. The number of hydrogen-bond acceptors (Lipinski definition) is 7. The van der Waals surface area contributed by atoms with Crippen LogP contribution in [0.1, 0.15) is 59.4 Å². The first-order chi connectivity index (χ1) is 19.3. The zero-order chi connectivity index (χ0) is 28.0. The van der Waals surface area contributed by atoms with Crippen molar-refractivity contribution in [1.29, 1.82) is 0 Å². The van der Waals surface area contributed by atoms with E-state index in [9.17, 15) is 9.59 Å². The second kappa shape index (κ2) is 10.3. The Balaban J connectivity index is 1.10. The van der Waals surface area contributed by atoms with Crippen molar-refractivity contribution in [2.24, 2.45) is 9.98 Å². The normalized spacial score (nSPS) is 20.7. The van der Waals surface area contributed by atoms with Crippen molar-refractivity contribution in [3.63, 3.8) is 0 Å². The second-order valence-corrected chi connectivity index (χ2v) is 10.7. The molecule has 0 fully saturated rings. The molecule has 0 saturated heterocycles. The lowest BCUT2D eigenvalue weighted by atomic mass is 10.1. The lowest BCUT2D eigenvalue weighted by Gasteiger charge is -2.19. The van der Waals surface area contributed by atoms with E-state index < -0.39 is 0 Å². The van der Waals surface area contributed by atoms with Gasteiger partial charge in [0.1, 0.15) is 5.75 Å². The predicted octanol–water partition coefficient (Wildman–Crippen LogP) is 5.52. The Morgan fingerprint density at radius 1 is 0.750 bits per heavy atom. The van der Waals surface area contributed by atoms with E-state index in [1.54, 1.807) is 29.0 Å². The van der Waals surface area contributed by atoms with E-state index in [0.717, 1.165) is 24.0 Å². The average molecular weight is 541 g/mol. The van der Waals surface area contributed by atoms with Crippen LogP contribution in [0.4, 0.5) is 11.4 Å². The topological polar surface area (TPSA) is 93.0 Å². The van der Waals surface area contributed by atoms with Crippen molar-refractivity contribution in [2.45, 2.75) is 52.1 Å².